The first-order valence-electron chi connectivity index (χ1n) is 8.91. The largest absolute Gasteiger partial charge is 0.455 e. The molecule has 0 fully saturated rings. The van der Waals surface area contributed by atoms with Crippen molar-refractivity contribution in [2.75, 3.05) is 5.75 Å². The first-order chi connectivity index (χ1) is 13.4. The van der Waals surface area contributed by atoms with E-state index in [9.17, 15) is 0 Å². The predicted octanol–water partition coefficient (Wildman–Crippen LogP) is 6.91. The monoisotopic (exact) mass is 387 g/mol. The maximum Gasteiger partial charge on any atom is 0.153 e. The first kappa shape index (κ1) is 16.6. The van der Waals surface area contributed by atoms with Crippen LogP contribution >= 0.6 is 23.1 Å². The van der Waals surface area contributed by atoms with Crippen LogP contribution < -0.4 is 4.74 Å². The topological polar surface area (TPSA) is 22.1 Å². The number of nitrogens with zero attached hydrogens (tertiary/aromatic N) is 1. The Morgan fingerprint density at radius 1 is 0.926 bits per heavy atom. The van der Waals surface area contributed by atoms with Crippen LogP contribution in [0.2, 0.25) is 0 Å². The molecule has 0 spiro atoms. The highest BCUT2D eigenvalue weighted by molar-refractivity contribution is 7.99. The average molecular weight is 388 g/mol. The van der Waals surface area contributed by atoms with Crippen LogP contribution in [0.1, 0.15) is 16.1 Å². The van der Waals surface area contributed by atoms with Crippen molar-refractivity contribution in [3.05, 3.63) is 82.2 Å². The number of ether oxygens (including phenoxy) is 1. The molecule has 0 saturated carbocycles. The van der Waals surface area contributed by atoms with Crippen LogP contribution in [0, 0.1) is 0 Å². The minimum absolute atomic E-state index is 0.805. The van der Waals surface area contributed by atoms with Gasteiger partial charge in [-0.25, -0.2) is 4.98 Å². The van der Waals surface area contributed by atoms with E-state index in [0.29, 0.717) is 0 Å². The van der Waals surface area contributed by atoms with Crippen molar-refractivity contribution in [2.45, 2.75) is 11.3 Å². The lowest BCUT2D eigenvalue weighted by molar-refractivity contribution is 0.487. The molecular formula is C23H17NOS2. The molecule has 1 aliphatic rings. The van der Waals surface area contributed by atoms with E-state index in [1.165, 1.54) is 20.7 Å². The quantitative estimate of drug-likeness (QED) is 0.380. The molecule has 2 aromatic carbocycles. The third-order valence-electron chi connectivity index (χ3n) is 4.58. The van der Waals surface area contributed by atoms with Gasteiger partial charge in [0.15, 0.2) is 5.75 Å². The Balaban J connectivity index is 1.64. The zero-order valence-electron chi connectivity index (χ0n) is 14.6. The summed E-state index contributed by atoms with van der Waals surface area (Å²) >= 11 is 3.66. The summed E-state index contributed by atoms with van der Waals surface area (Å²) in [6, 6.07) is 20.3. The molecule has 0 unspecified atom stereocenters. The highest BCUT2D eigenvalue weighted by atomic mass is 32.2. The Hall–Kier alpha value is -2.56. The zero-order chi connectivity index (χ0) is 18.1. The van der Waals surface area contributed by atoms with Crippen molar-refractivity contribution >= 4 is 46.2 Å². The molecule has 0 atom stereocenters. The molecule has 0 saturated heterocycles. The van der Waals surface area contributed by atoms with Gasteiger partial charge < -0.3 is 4.74 Å². The van der Waals surface area contributed by atoms with E-state index in [-0.39, 0.29) is 0 Å². The second kappa shape index (κ2) is 7.22. The lowest BCUT2D eigenvalue weighted by Crippen LogP contribution is -1.96. The molecule has 0 amide bonds. The third kappa shape index (κ3) is 3.27. The summed E-state index contributed by atoms with van der Waals surface area (Å²) in [4.78, 5) is 7.61. The standard InChI is InChI=1S/C23H17NOS2/c1-2-6-16(7-3-1)25-21-10-4-9-19-22(21)24-20(18-13-15-27-23(18)19)12-11-17-8-5-14-26-17/h1-12,14H,13,15H2. The van der Waals surface area contributed by atoms with Crippen molar-refractivity contribution in [1.82, 2.24) is 4.98 Å². The summed E-state index contributed by atoms with van der Waals surface area (Å²) in [5.74, 6) is 2.75. The third-order valence-corrected chi connectivity index (χ3v) is 6.58. The predicted molar refractivity (Wildman–Crippen MR) is 116 cm³/mol. The van der Waals surface area contributed by atoms with E-state index in [1.54, 1.807) is 11.3 Å². The van der Waals surface area contributed by atoms with E-state index in [0.717, 1.165) is 34.9 Å². The van der Waals surface area contributed by atoms with E-state index < -0.39 is 0 Å². The Morgan fingerprint density at radius 2 is 1.85 bits per heavy atom. The number of aromatic nitrogens is 1. The molecule has 2 nitrogen and oxygen atoms in total. The fourth-order valence-electron chi connectivity index (χ4n) is 3.33. The van der Waals surface area contributed by atoms with Crippen LogP contribution in [0.25, 0.3) is 23.1 Å². The van der Waals surface area contributed by atoms with Gasteiger partial charge in [-0.05, 0) is 53.8 Å². The van der Waals surface area contributed by atoms with Crippen LogP contribution in [0.15, 0.2) is 70.9 Å². The second-order valence-corrected chi connectivity index (χ2v) is 8.40. The van der Waals surface area contributed by atoms with Crippen LogP contribution in [-0.4, -0.2) is 10.7 Å². The summed E-state index contributed by atoms with van der Waals surface area (Å²) in [6.07, 6.45) is 5.37. The van der Waals surface area contributed by atoms with Crippen LogP contribution in [0.5, 0.6) is 11.5 Å². The fraction of sp³-hybridized carbons (Fsp3) is 0.0870. The van der Waals surface area contributed by atoms with Crippen molar-refractivity contribution in [3.63, 3.8) is 0 Å². The number of thioether (sulfide) groups is 1. The van der Waals surface area contributed by atoms with Gasteiger partial charge in [0, 0.05) is 20.9 Å². The molecule has 0 bridgehead atoms. The number of thiophene rings is 1. The van der Waals surface area contributed by atoms with Gasteiger partial charge in [-0.15, -0.1) is 23.1 Å². The zero-order valence-corrected chi connectivity index (χ0v) is 16.2. The summed E-state index contributed by atoms with van der Waals surface area (Å²) in [6.45, 7) is 0. The van der Waals surface area contributed by atoms with Gasteiger partial charge in [-0.1, -0.05) is 36.4 Å². The summed E-state index contributed by atoms with van der Waals surface area (Å²) in [7, 11) is 0. The van der Waals surface area contributed by atoms with Gasteiger partial charge in [-0.3, -0.25) is 0 Å². The van der Waals surface area contributed by atoms with Gasteiger partial charge in [-0.2, -0.15) is 0 Å². The van der Waals surface area contributed by atoms with E-state index in [2.05, 4.69) is 41.8 Å². The molecule has 0 aliphatic carbocycles. The number of benzene rings is 2. The van der Waals surface area contributed by atoms with Gasteiger partial charge in [0.1, 0.15) is 11.3 Å². The Morgan fingerprint density at radius 3 is 2.70 bits per heavy atom. The first-order valence-corrected chi connectivity index (χ1v) is 10.8. The molecule has 27 heavy (non-hydrogen) atoms. The second-order valence-electron chi connectivity index (χ2n) is 6.32. The smallest absolute Gasteiger partial charge is 0.153 e. The molecule has 132 valence electrons. The Labute approximate surface area is 166 Å². The van der Waals surface area contributed by atoms with E-state index >= 15 is 0 Å². The van der Waals surface area contributed by atoms with E-state index in [4.69, 9.17) is 9.72 Å². The van der Waals surface area contributed by atoms with Gasteiger partial charge >= 0.3 is 0 Å². The lowest BCUT2D eigenvalue weighted by Gasteiger charge is -2.12. The van der Waals surface area contributed by atoms with Crippen molar-refractivity contribution in [3.8, 4) is 11.5 Å². The van der Waals surface area contributed by atoms with Crippen LogP contribution in [0.3, 0.4) is 0 Å². The number of hydrogen-bond acceptors (Lipinski definition) is 4. The summed E-state index contributed by atoms with van der Waals surface area (Å²) in [5.41, 5.74) is 3.34. The molecule has 2 aromatic heterocycles. The molecule has 4 heteroatoms. The lowest BCUT2D eigenvalue weighted by atomic mass is 10.1. The average Bonchev–Trinajstić information content (AvgIpc) is 3.39. The summed E-state index contributed by atoms with van der Waals surface area (Å²) in [5, 5.41) is 3.29. The summed E-state index contributed by atoms with van der Waals surface area (Å²) < 4.78 is 6.16. The Kier molecular flexibility index (Phi) is 4.44. The van der Waals surface area contributed by atoms with Gasteiger partial charge in [0.25, 0.3) is 0 Å². The SMILES string of the molecule is C(=Cc1nc2c(Oc3ccccc3)cccc2c2c1CCS2)c1cccs1. The maximum absolute atomic E-state index is 6.16. The molecule has 0 N–H and O–H groups in total. The molecule has 1 aliphatic heterocycles. The number of pyridine rings is 1. The number of para-hydroxylation sites is 2. The number of fused-ring (bicyclic) bond motifs is 3. The minimum Gasteiger partial charge on any atom is -0.455 e. The molecule has 5 rings (SSSR count). The van der Waals surface area contributed by atoms with Gasteiger partial charge in [0.2, 0.25) is 0 Å². The molecule has 3 heterocycles. The highest BCUT2D eigenvalue weighted by Gasteiger charge is 2.21. The van der Waals surface area contributed by atoms with Crippen LogP contribution in [-0.2, 0) is 6.42 Å². The van der Waals surface area contributed by atoms with Crippen LogP contribution in [0.4, 0.5) is 0 Å². The van der Waals surface area contributed by atoms with Crippen molar-refractivity contribution in [2.24, 2.45) is 0 Å². The Bertz CT molecular complexity index is 1120. The highest BCUT2D eigenvalue weighted by Crippen LogP contribution is 2.42. The minimum atomic E-state index is 0.805. The number of rotatable bonds is 4. The fourth-order valence-corrected chi connectivity index (χ4v) is 5.16. The number of hydrogen-bond donors (Lipinski definition) is 0. The molecule has 4 aromatic rings. The van der Waals surface area contributed by atoms with Gasteiger partial charge in [0.05, 0.1) is 5.69 Å². The molecule has 0 radical (unpaired) electrons. The van der Waals surface area contributed by atoms with E-state index in [1.807, 2.05) is 48.2 Å². The normalized spacial score (nSPS) is 13.3. The maximum atomic E-state index is 6.16. The van der Waals surface area contributed by atoms with Crippen molar-refractivity contribution < 1.29 is 4.74 Å². The van der Waals surface area contributed by atoms with Crippen molar-refractivity contribution in [1.29, 1.82) is 0 Å². The molecular weight excluding hydrogens is 370 g/mol.